The van der Waals surface area contributed by atoms with Crippen LogP contribution in [-0.4, -0.2) is 10.5 Å². The summed E-state index contributed by atoms with van der Waals surface area (Å²) in [7, 11) is -2.79. The van der Waals surface area contributed by atoms with Crippen molar-refractivity contribution in [1.29, 1.82) is 0 Å². The number of halogens is 1. The molecule has 0 unspecified atom stereocenters. The summed E-state index contributed by atoms with van der Waals surface area (Å²) in [6.45, 7) is 3.59. The molecule has 2 aromatic carbocycles. The zero-order valence-electron chi connectivity index (χ0n) is 10.6. The molecular weight excluding hydrogens is 261 g/mol. The van der Waals surface area contributed by atoms with Gasteiger partial charge in [0.15, 0.2) is 0 Å². The fourth-order valence-electron chi connectivity index (χ4n) is 1.85. The maximum absolute atomic E-state index is 13.6. The van der Waals surface area contributed by atoms with Gasteiger partial charge >= 0.3 is 0 Å². The van der Waals surface area contributed by atoms with Crippen molar-refractivity contribution >= 4 is 21.9 Å². The molecule has 0 spiro atoms. The first-order valence-electron chi connectivity index (χ1n) is 5.87. The van der Waals surface area contributed by atoms with Crippen LogP contribution in [-0.2, 0) is 10.1 Å². The average molecular weight is 277 g/mol. The number of thiol groups is 1. The van der Waals surface area contributed by atoms with E-state index in [4.69, 9.17) is 0 Å². The zero-order valence-corrected chi connectivity index (χ0v) is 11.5. The third kappa shape index (κ3) is 2.90. The minimum Gasteiger partial charge on any atom is -0.323 e. The largest absolute Gasteiger partial charge is 0.323 e. The van der Waals surface area contributed by atoms with E-state index < -0.39 is 10.1 Å². The van der Waals surface area contributed by atoms with Crippen LogP contribution < -0.4 is 4.72 Å². The van der Waals surface area contributed by atoms with Gasteiger partial charge in [0.1, 0.15) is 5.82 Å². The lowest BCUT2D eigenvalue weighted by Crippen LogP contribution is -2.21. The molecule has 0 atom stereocenters. The Bertz CT molecular complexity index is 640. The molecule has 100 valence electrons. The minimum atomic E-state index is -2.79. The number of hydrogen-bond acceptors (Lipinski definition) is 1. The lowest BCUT2D eigenvalue weighted by Gasteiger charge is -2.23. The highest BCUT2D eigenvalue weighted by Crippen LogP contribution is 2.25. The van der Waals surface area contributed by atoms with Crippen LogP contribution in [0.15, 0.2) is 60.0 Å². The van der Waals surface area contributed by atoms with Gasteiger partial charge in [-0.3, -0.25) is 4.21 Å². The Labute approximate surface area is 113 Å². The molecule has 0 saturated carbocycles. The predicted octanol–water partition coefficient (Wildman–Crippen LogP) is 3.50. The van der Waals surface area contributed by atoms with E-state index in [1.807, 2.05) is 18.2 Å². The smallest absolute Gasteiger partial charge is 0.132 e. The average Bonchev–Trinajstić information content (AvgIpc) is 2.40. The topological polar surface area (TPSA) is 29.1 Å². The molecule has 0 amide bonds. The molecule has 0 radical (unpaired) electrons. The van der Waals surface area contributed by atoms with E-state index in [1.54, 1.807) is 30.5 Å². The van der Waals surface area contributed by atoms with Crippen LogP contribution >= 0.6 is 0 Å². The molecule has 2 rings (SSSR count). The molecule has 0 aliphatic rings. The summed E-state index contributed by atoms with van der Waals surface area (Å²) < 4.78 is 29.3. The molecule has 2 aromatic rings. The Hall–Kier alpha value is -1.94. The van der Waals surface area contributed by atoms with Crippen molar-refractivity contribution in [2.75, 3.05) is 11.0 Å². The van der Waals surface area contributed by atoms with Gasteiger partial charge in [-0.25, -0.2) is 4.39 Å². The molecule has 19 heavy (non-hydrogen) atoms. The molecule has 0 aliphatic carbocycles. The van der Waals surface area contributed by atoms with Gasteiger partial charge in [0.05, 0.1) is 5.69 Å². The fraction of sp³-hybridized carbons (Fsp3) is 0.0667. The lowest BCUT2D eigenvalue weighted by atomic mass is 10.2. The summed E-state index contributed by atoms with van der Waals surface area (Å²) in [5.74, 6) is -0.381. The van der Waals surface area contributed by atoms with Crippen molar-refractivity contribution in [2.24, 2.45) is 0 Å². The fourth-order valence-corrected chi connectivity index (χ4v) is 3.37. The molecule has 1 N–H and O–H groups in total. The third-order valence-electron chi connectivity index (χ3n) is 2.84. The highest BCUT2D eigenvalue weighted by Gasteiger charge is 2.13. The maximum Gasteiger partial charge on any atom is 0.132 e. The predicted molar refractivity (Wildman–Crippen MR) is 80.3 cm³/mol. The molecule has 2 nitrogen and oxygen atoms in total. The van der Waals surface area contributed by atoms with Crippen LogP contribution in [0, 0.1) is 5.82 Å². The highest BCUT2D eigenvalue weighted by molar-refractivity contribution is 8.03. The Morgan fingerprint density at radius 3 is 2.47 bits per heavy atom. The van der Waals surface area contributed by atoms with Gasteiger partial charge in [0.2, 0.25) is 0 Å². The van der Waals surface area contributed by atoms with Crippen LogP contribution in [0.2, 0.25) is 0 Å². The van der Waals surface area contributed by atoms with Crippen LogP contribution in [0.3, 0.4) is 0 Å². The second-order valence-corrected chi connectivity index (χ2v) is 6.87. The first-order valence-corrected chi connectivity index (χ1v) is 8.02. The van der Waals surface area contributed by atoms with E-state index in [0.29, 0.717) is 16.1 Å². The maximum atomic E-state index is 13.6. The summed E-state index contributed by atoms with van der Waals surface area (Å²) in [5.41, 5.74) is 0.824. The number of nitrogens with one attached hydrogen (secondary N) is 1. The first kappa shape index (κ1) is 13.5. The van der Waals surface area contributed by atoms with Gasteiger partial charge < -0.3 is 4.72 Å². The van der Waals surface area contributed by atoms with Gasteiger partial charge in [-0.05, 0) is 34.4 Å². The number of rotatable bonds is 4. The second kappa shape index (κ2) is 5.36. The van der Waals surface area contributed by atoms with E-state index in [1.165, 1.54) is 12.1 Å². The zero-order chi connectivity index (χ0) is 13.9. The van der Waals surface area contributed by atoms with Crippen molar-refractivity contribution in [2.45, 2.75) is 4.90 Å². The van der Waals surface area contributed by atoms with Gasteiger partial charge in [-0.15, -0.1) is 0 Å². The Kier molecular flexibility index (Phi) is 3.81. The van der Waals surface area contributed by atoms with Gasteiger partial charge in [0.25, 0.3) is 0 Å². The van der Waals surface area contributed by atoms with Gasteiger partial charge in [-0.1, -0.05) is 36.9 Å². The van der Waals surface area contributed by atoms with Crippen molar-refractivity contribution in [3.63, 3.8) is 0 Å². The normalized spacial score (nSPS) is 11.9. The van der Waals surface area contributed by atoms with E-state index in [-0.39, 0.29) is 5.82 Å². The van der Waals surface area contributed by atoms with Crippen molar-refractivity contribution < 1.29 is 8.60 Å². The molecule has 0 saturated heterocycles. The third-order valence-corrected chi connectivity index (χ3v) is 4.79. The molecule has 4 heteroatoms. The van der Waals surface area contributed by atoms with Crippen molar-refractivity contribution in [3.05, 3.63) is 66.5 Å². The summed E-state index contributed by atoms with van der Waals surface area (Å²) >= 11 is 0. The van der Waals surface area contributed by atoms with Crippen LogP contribution in [0.1, 0.15) is 5.56 Å². The molecule has 0 aromatic heterocycles. The van der Waals surface area contributed by atoms with Crippen LogP contribution in [0.5, 0.6) is 0 Å². The number of benzene rings is 2. The van der Waals surface area contributed by atoms with E-state index >= 15 is 0 Å². The minimum absolute atomic E-state index is 0.334. The van der Waals surface area contributed by atoms with Crippen LogP contribution in [0.25, 0.3) is 6.08 Å². The SMILES string of the molecule is C=Cc1c(F)cccc1N[SH](C)(=O)c1ccccc1. The van der Waals surface area contributed by atoms with Crippen molar-refractivity contribution in [1.82, 2.24) is 0 Å². The Balaban J connectivity index is 2.39. The van der Waals surface area contributed by atoms with Gasteiger partial charge in [0, 0.05) is 16.7 Å². The molecule has 0 bridgehead atoms. The van der Waals surface area contributed by atoms with Gasteiger partial charge in [-0.2, -0.15) is 0 Å². The summed E-state index contributed by atoms with van der Waals surface area (Å²) in [4.78, 5) is 0.703. The highest BCUT2D eigenvalue weighted by atomic mass is 32.3. The van der Waals surface area contributed by atoms with E-state index in [9.17, 15) is 8.60 Å². The first-order chi connectivity index (χ1) is 9.04. The molecular formula is C15H16FNOS. The standard InChI is InChI=1S/C15H16FNOS/c1-3-13-14(16)10-7-11-15(13)17-19(2,18)12-8-5-4-6-9-12/h3-11,19H,1H2,2H3,(H,17,18). The van der Waals surface area contributed by atoms with Crippen molar-refractivity contribution in [3.8, 4) is 0 Å². The summed E-state index contributed by atoms with van der Waals surface area (Å²) in [5, 5.41) is 0. The lowest BCUT2D eigenvalue weighted by molar-refractivity contribution is 0.626. The van der Waals surface area contributed by atoms with E-state index in [0.717, 1.165) is 0 Å². The second-order valence-electron chi connectivity index (χ2n) is 4.28. The molecule has 0 fully saturated rings. The summed E-state index contributed by atoms with van der Waals surface area (Å²) in [6.07, 6.45) is 3.04. The monoisotopic (exact) mass is 277 g/mol. The quantitative estimate of drug-likeness (QED) is 0.823. The number of hydrogen-bond donors (Lipinski definition) is 2. The van der Waals surface area contributed by atoms with Crippen LogP contribution in [0.4, 0.5) is 10.1 Å². The molecule has 0 heterocycles. The summed E-state index contributed by atoms with van der Waals surface area (Å²) in [6, 6.07) is 13.7. The Morgan fingerprint density at radius 1 is 1.16 bits per heavy atom. The molecule has 0 aliphatic heterocycles. The number of anilines is 1. The Morgan fingerprint density at radius 2 is 1.84 bits per heavy atom. The van der Waals surface area contributed by atoms with E-state index in [2.05, 4.69) is 11.3 Å².